The highest BCUT2D eigenvalue weighted by Crippen LogP contribution is 2.36. The molecular weight excluding hydrogens is 472 g/mol. The number of nitrogens with zero attached hydrogens (tertiary/aromatic N) is 5. The van der Waals surface area contributed by atoms with E-state index in [1.165, 1.54) is 23.5 Å². The van der Waals surface area contributed by atoms with Crippen molar-refractivity contribution in [1.82, 2.24) is 24.8 Å². The van der Waals surface area contributed by atoms with Crippen LogP contribution >= 0.6 is 11.8 Å². The zero-order valence-electron chi connectivity index (χ0n) is 20.1. The fraction of sp³-hybridized carbons (Fsp3) is 0.370. The van der Waals surface area contributed by atoms with Gasteiger partial charge in [0.1, 0.15) is 5.52 Å². The van der Waals surface area contributed by atoms with Gasteiger partial charge in [-0.15, -0.1) is 0 Å². The van der Waals surface area contributed by atoms with Gasteiger partial charge in [-0.3, -0.25) is 4.90 Å². The Bertz CT molecular complexity index is 1530. The van der Waals surface area contributed by atoms with Crippen LogP contribution in [0.15, 0.2) is 47.1 Å². The molecule has 9 heteroatoms. The van der Waals surface area contributed by atoms with Crippen LogP contribution in [0.25, 0.3) is 44.5 Å². The van der Waals surface area contributed by atoms with Crippen LogP contribution in [0.4, 0.5) is 5.82 Å². The SMILES string of the molecule is c1cc(-c2nc(N3CCOCC3)c3oc4ncc(CN5CCCSCC5)cc4c3n2)c2cc[nH]c2c1. The van der Waals surface area contributed by atoms with Crippen molar-refractivity contribution in [3.8, 4) is 11.4 Å². The minimum atomic E-state index is 0.612. The number of furan rings is 1. The smallest absolute Gasteiger partial charge is 0.229 e. The van der Waals surface area contributed by atoms with Gasteiger partial charge in [-0.05, 0) is 42.5 Å². The summed E-state index contributed by atoms with van der Waals surface area (Å²) in [6.07, 6.45) is 5.14. The number of aromatic amines is 1. The normalized spacial score (nSPS) is 17.8. The molecule has 1 N–H and O–H groups in total. The van der Waals surface area contributed by atoms with Crippen molar-refractivity contribution < 1.29 is 9.15 Å². The standard InChI is InChI=1S/C27H28N6O2S/c1-3-20(19-5-6-28-22(19)4-1)25-30-23-21-15-18(17-32-7-2-13-36-14-10-32)16-29-27(21)35-24(23)26(31-25)33-8-11-34-12-9-33/h1,3-6,15-16,28H,2,7-14,17H2. The van der Waals surface area contributed by atoms with Gasteiger partial charge in [0.2, 0.25) is 5.71 Å². The number of morpholine rings is 1. The van der Waals surface area contributed by atoms with Gasteiger partial charge in [0.25, 0.3) is 0 Å². The Labute approximate surface area is 213 Å². The van der Waals surface area contributed by atoms with Crippen molar-refractivity contribution in [1.29, 1.82) is 0 Å². The van der Waals surface area contributed by atoms with Crippen LogP contribution in [0.1, 0.15) is 12.0 Å². The lowest BCUT2D eigenvalue weighted by Gasteiger charge is -2.27. The van der Waals surface area contributed by atoms with E-state index in [9.17, 15) is 0 Å². The molecule has 7 rings (SSSR count). The number of thioether (sulfide) groups is 1. The molecular formula is C27H28N6O2S. The maximum Gasteiger partial charge on any atom is 0.229 e. The lowest BCUT2D eigenvalue weighted by molar-refractivity contribution is 0.122. The van der Waals surface area contributed by atoms with Gasteiger partial charge >= 0.3 is 0 Å². The number of H-pyrrole nitrogens is 1. The minimum absolute atomic E-state index is 0.612. The van der Waals surface area contributed by atoms with E-state index in [4.69, 9.17) is 24.1 Å². The van der Waals surface area contributed by atoms with Gasteiger partial charge in [-0.1, -0.05) is 12.1 Å². The molecule has 0 amide bonds. The Morgan fingerprint density at radius 2 is 1.94 bits per heavy atom. The van der Waals surface area contributed by atoms with E-state index in [0.717, 1.165) is 65.9 Å². The van der Waals surface area contributed by atoms with Crippen LogP contribution in [0.3, 0.4) is 0 Å². The lowest BCUT2D eigenvalue weighted by Crippen LogP contribution is -2.37. The first-order chi connectivity index (χ1) is 17.8. The van der Waals surface area contributed by atoms with E-state index in [1.54, 1.807) is 0 Å². The summed E-state index contributed by atoms with van der Waals surface area (Å²) in [7, 11) is 0. The van der Waals surface area contributed by atoms with Crippen molar-refractivity contribution in [2.45, 2.75) is 13.0 Å². The molecule has 2 aliphatic rings. The molecule has 0 saturated carbocycles. The van der Waals surface area contributed by atoms with Crippen LogP contribution < -0.4 is 4.90 Å². The van der Waals surface area contributed by atoms with Gasteiger partial charge in [-0.25, -0.2) is 15.0 Å². The largest absolute Gasteiger partial charge is 0.432 e. The third-order valence-corrected chi connectivity index (χ3v) is 8.13. The molecule has 2 fully saturated rings. The number of rotatable bonds is 4. The Morgan fingerprint density at radius 3 is 2.89 bits per heavy atom. The first kappa shape index (κ1) is 22.1. The number of pyridine rings is 1. The maximum absolute atomic E-state index is 6.32. The van der Waals surface area contributed by atoms with Crippen molar-refractivity contribution >= 4 is 50.7 Å². The van der Waals surface area contributed by atoms with Crippen molar-refractivity contribution in [3.05, 3.63) is 48.3 Å². The molecule has 0 radical (unpaired) electrons. The average Bonchev–Trinajstić information content (AvgIpc) is 3.46. The van der Waals surface area contributed by atoms with Gasteiger partial charge in [0.15, 0.2) is 17.2 Å². The Balaban J connectivity index is 1.39. The van der Waals surface area contributed by atoms with E-state index in [0.29, 0.717) is 30.3 Å². The van der Waals surface area contributed by atoms with Crippen LogP contribution in [0.2, 0.25) is 0 Å². The number of nitrogens with one attached hydrogen (secondary N) is 1. The highest BCUT2D eigenvalue weighted by molar-refractivity contribution is 7.99. The second-order valence-corrected chi connectivity index (χ2v) is 10.7. The molecule has 0 spiro atoms. The Kier molecular flexibility index (Phi) is 5.76. The monoisotopic (exact) mass is 500 g/mol. The fourth-order valence-corrected chi connectivity index (χ4v) is 6.17. The molecule has 2 saturated heterocycles. The quantitative estimate of drug-likeness (QED) is 0.380. The van der Waals surface area contributed by atoms with Crippen LogP contribution in [0, 0.1) is 0 Å². The number of benzene rings is 1. The van der Waals surface area contributed by atoms with Crippen molar-refractivity contribution in [3.63, 3.8) is 0 Å². The topological polar surface area (TPSA) is 83.3 Å². The summed E-state index contributed by atoms with van der Waals surface area (Å²) in [6, 6.07) is 10.5. The summed E-state index contributed by atoms with van der Waals surface area (Å²) in [4.78, 5) is 22.9. The molecule has 0 unspecified atom stereocenters. The molecule has 184 valence electrons. The minimum Gasteiger partial charge on any atom is -0.432 e. The predicted octanol–water partition coefficient (Wildman–Crippen LogP) is 4.69. The zero-order chi connectivity index (χ0) is 23.9. The predicted molar refractivity (Wildman–Crippen MR) is 145 cm³/mol. The maximum atomic E-state index is 6.32. The highest BCUT2D eigenvalue weighted by Gasteiger charge is 2.24. The summed E-state index contributed by atoms with van der Waals surface area (Å²) >= 11 is 2.05. The summed E-state index contributed by atoms with van der Waals surface area (Å²) in [5.74, 6) is 3.95. The Morgan fingerprint density at radius 1 is 1.00 bits per heavy atom. The van der Waals surface area contributed by atoms with E-state index in [2.05, 4.69) is 39.0 Å². The second kappa shape index (κ2) is 9.38. The molecule has 5 aromatic rings. The molecule has 6 heterocycles. The van der Waals surface area contributed by atoms with Crippen LogP contribution in [-0.2, 0) is 11.3 Å². The van der Waals surface area contributed by atoms with Gasteiger partial charge in [0.05, 0.1) is 18.6 Å². The van der Waals surface area contributed by atoms with E-state index >= 15 is 0 Å². The second-order valence-electron chi connectivity index (χ2n) is 9.43. The molecule has 8 nitrogen and oxygen atoms in total. The first-order valence-corrected chi connectivity index (χ1v) is 13.8. The van der Waals surface area contributed by atoms with E-state index in [-0.39, 0.29) is 0 Å². The fourth-order valence-electron chi connectivity index (χ4n) is 5.25. The number of hydrogen-bond acceptors (Lipinski definition) is 8. The summed E-state index contributed by atoms with van der Waals surface area (Å²) < 4.78 is 11.9. The van der Waals surface area contributed by atoms with Crippen LogP contribution in [-0.4, -0.2) is 75.7 Å². The van der Waals surface area contributed by atoms with Crippen molar-refractivity contribution in [2.75, 3.05) is 55.8 Å². The first-order valence-electron chi connectivity index (χ1n) is 12.6. The number of fused-ring (bicyclic) bond motifs is 4. The number of hydrogen-bond donors (Lipinski definition) is 1. The van der Waals surface area contributed by atoms with Gasteiger partial charge < -0.3 is 19.0 Å². The summed E-state index contributed by atoms with van der Waals surface area (Å²) in [5.41, 5.74) is 5.41. The molecule has 0 bridgehead atoms. The zero-order valence-corrected chi connectivity index (χ0v) is 20.9. The van der Waals surface area contributed by atoms with Gasteiger partial charge in [-0.2, -0.15) is 11.8 Å². The van der Waals surface area contributed by atoms with Crippen molar-refractivity contribution in [2.24, 2.45) is 0 Å². The summed E-state index contributed by atoms with van der Waals surface area (Å²) in [5, 5.41) is 2.06. The number of ether oxygens (including phenoxy) is 1. The highest BCUT2D eigenvalue weighted by atomic mass is 32.2. The Hall–Kier alpha value is -3.14. The summed E-state index contributed by atoms with van der Waals surface area (Å²) in [6.45, 7) is 6.02. The van der Waals surface area contributed by atoms with Gasteiger partial charge in [0, 0.05) is 60.8 Å². The molecule has 1 aromatic carbocycles. The molecule has 0 aliphatic carbocycles. The molecule has 0 atom stereocenters. The average molecular weight is 501 g/mol. The molecule has 36 heavy (non-hydrogen) atoms. The van der Waals surface area contributed by atoms with Crippen LogP contribution in [0.5, 0.6) is 0 Å². The third kappa shape index (κ3) is 4.01. The number of aromatic nitrogens is 4. The lowest BCUT2D eigenvalue weighted by atomic mass is 10.1. The molecule has 4 aromatic heterocycles. The van der Waals surface area contributed by atoms with E-state index < -0.39 is 0 Å². The number of anilines is 1. The third-order valence-electron chi connectivity index (χ3n) is 7.08. The van der Waals surface area contributed by atoms with E-state index in [1.807, 2.05) is 30.2 Å². The molecule has 2 aliphatic heterocycles.